The highest BCUT2D eigenvalue weighted by Gasteiger charge is 2.08. The number of nitrogens with zero attached hydrogens (tertiary/aromatic N) is 1. The predicted molar refractivity (Wildman–Crippen MR) is 72.8 cm³/mol. The zero-order valence-electron chi connectivity index (χ0n) is 10.4. The van der Waals surface area contributed by atoms with Crippen LogP contribution in [0.1, 0.15) is 5.56 Å². The molecule has 90 valence electrons. The quantitative estimate of drug-likeness (QED) is 0.741. The molecule has 3 aromatic rings. The second kappa shape index (κ2) is 4.18. The second-order valence-corrected chi connectivity index (χ2v) is 4.28. The molecule has 3 nitrogen and oxygen atoms in total. The lowest BCUT2D eigenvalue weighted by Crippen LogP contribution is -1.88. The Bertz CT molecular complexity index is 668. The minimum absolute atomic E-state index is 0.868. The van der Waals surface area contributed by atoms with Crippen LogP contribution in [0.5, 0.6) is 5.75 Å². The number of benzene rings is 2. The Balaban J connectivity index is 2.14. The summed E-state index contributed by atoms with van der Waals surface area (Å²) in [7, 11) is 1.68. The standard InChI is InChI=1S/C15H14N2O/c1-10-9-11(18-2)7-8-12(10)15-16-13-5-3-4-6-14(13)17-15/h3-9H,1-2H3,(H,16,17). The van der Waals surface area contributed by atoms with Crippen LogP contribution < -0.4 is 4.74 Å². The average molecular weight is 238 g/mol. The van der Waals surface area contributed by atoms with E-state index >= 15 is 0 Å². The van der Waals surface area contributed by atoms with Crippen molar-refractivity contribution in [2.24, 2.45) is 0 Å². The van der Waals surface area contributed by atoms with Gasteiger partial charge in [-0.25, -0.2) is 4.98 Å². The lowest BCUT2D eigenvalue weighted by atomic mass is 10.1. The first kappa shape index (κ1) is 10.8. The highest BCUT2D eigenvalue weighted by Crippen LogP contribution is 2.26. The van der Waals surface area contributed by atoms with Crippen LogP contribution in [0.4, 0.5) is 0 Å². The number of aromatic amines is 1. The van der Waals surface area contributed by atoms with E-state index in [1.165, 1.54) is 0 Å². The first-order valence-corrected chi connectivity index (χ1v) is 5.87. The van der Waals surface area contributed by atoms with Crippen LogP contribution >= 0.6 is 0 Å². The first-order chi connectivity index (χ1) is 8.78. The van der Waals surface area contributed by atoms with E-state index in [0.29, 0.717) is 0 Å². The third kappa shape index (κ3) is 1.74. The molecule has 3 heteroatoms. The fourth-order valence-corrected chi connectivity index (χ4v) is 2.11. The Morgan fingerprint density at radius 1 is 1.11 bits per heavy atom. The van der Waals surface area contributed by atoms with Crippen molar-refractivity contribution in [3.05, 3.63) is 48.0 Å². The van der Waals surface area contributed by atoms with Gasteiger partial charge in [-0.3, -0.25) is 0 Å². The molecule has 0 fully saturated rings. The second-order valence-electron chi connectivity index (χ2n) is 4.28. The van der Waals surface area contributed by atoms with Gasteiger partial charge in [0.2, 0.25) is 0 Å². The highest BCUT2D eigenvalue weighted by molar-refractivity contribution is 5.79. The maximum atomic E-state index is 5.21. The van der Waals surface area contributed by atoms with E-state index in [1.807, 2.05) is 42.5 Å². The molecule has 18 heavy (non-hydrogen) atoms. The smallest absolute Gasteiger partial charge is 0.138 e. The number of aromatic nitrogens is 2. The number of methoxy groups -OCH3 is 1. The van der Waals surface area contributed by atoms with Crippen molar-refractivity contribution in [2.45, 2.75) is 6.92 Å². The molecule has 1 N–H and O–H groups in total. The molecule has 0 bridgehead atoms. The van der Waals surface area contributed by atoms with Crippen molar-refractivity contribution in [3.63, 3.8) is 0 Å². The van der Waals surface area contributed by atoms with Gasteiger partial charge < -0.3 is 9.72 Å². The summed E-state index contributed by atoms with van der Waals surface area (Å²) in [5.74, 6) is 1.77. The van der Waals surface area contributed by atoms with E-state index in [2.05, 4.69) is 16.9 Å². The Morgan fingerprint density at radius 2 is 1.94 bits per heavy atom. The molecule has 1 aromatic heterocycles. The summed E-state index contributed by atoms with van der Waals surface area (Å²) in [4.78, 5) is 7.94. The lowest BCUT2D eigenvalue weighted by molar-refractivity contribution is 0.414. The molecule has 0 atom stereocenters. The Labute approximate surface area is 105 Å². The van der Waals surface area contributed by atoms with E-state index in [4.69, 9.17) is 4.74 Å². The van der Waals surface area contributed by atoms with Gasteiger partial charge in [-0.15, -0.1) is 0 Å². The van der Waals surface area contributed by atoms with E-state index in [-0.39, 0.29) is 0 Å². The minimum atomic E-state index is 0.868. The van der Waals surface area contributed by atoms with Crippen molar-refractivity contribution in [1.82, 2.24) is 9.97 Å². The Morgan fingerprint density at radius 3 is 2.67 bits per heavy atom. The monoisotopic (exact) mass is 238 g/mol. The Kier molecular flexibility index (Phi) is 2.52. The van der Waals surface area contributed by atoms with Gasteiger partial charge in [-0.05, 0) is 42.8 Å². The van der Waals surface area contributed by atoms with Gasteiger partial charge in [-0.2, -0.15) is 0 Å². The number of fused-ring (bicyclic) bond motifs is 1. The minimum Gasteiger partial charge on any atom is -0.497 e. The van der Waals surface area contributed by atoms with Gasteiger partial charge in [0, 0.05) is 5.56 Å². The number of aryl methyl sites for hydroxylation is 1. The van der Waals surface area contributed by atoms with E-state index in [0.717, 1.165) is 33.7 Å². The number of imidazole rings is 1. The van der Waals surface area contributed by atoms with Crippen molar-refractivity contribution in [3.8, 4) is 17.1 Å². The zero-order chi connectivity index (χ0) is 12.5. The van der Waals surface area contributed by atoms with Crippen LogP contribution in [0.15, 0.2) is 42.5 Å². The van der Waals surface area contributed by atoms with Crippen molar-refractivity contribution in [2.75, 3.05) is 7.11 Å². The summed E-state index contributed by atoms with van der Waals surface area (Å²) < 4.78 is 5.21. The molecular formula is C15H14N2O. The van der Waals surface area contributed by atoms with E-state index in [1.54, 1.807) is 7.11 Å². The number of rotatable bonds is 2. The van der Waals surface area contributed by atoms with E-state index in [9.17, 15) is 0 Å². The first-order valence-electron chi connectivity index (χ1n) is 5.87. The molecule has 2 aromatic carbocycles. The number of H-pyrrole nitrogens is 1. The molecule has 0 saturated carbocycles. The maximum Gasteiger partial charge on any atom is 0.138 e. The molecule has 0 unspecified atom stereocenters. The highest BCUT2D eigenvalue weighted by atomic mass is 16.5. The van der Waals surface area contributed by atoms with Crippen LogP contribution in [0.3, 0.4) is 0 Å². The predicted octanol–water partition coefficient (Wildman–Crippen LogP) is 3.55. The third-order valence-electron chi connectivity index (χ3n) is 3.08. The number of nitrogens with one attached hydrogen (secondary N) is 1. The molecule has 0 aliphatic carbocycles. The van der Waals surface area contributed by atoms with Crippen LogP contribution in [0, 0.1) is 6.92 Å². The molecule has 3 rings (SSSR count). The molecule has 0 aliphatic heterocycles. The average Bonchev–Trinajstić information content (AvgIpc) is 2.81. The van der Waals surface area contributed by atoms with Crippen LogP contribution in [0.25, 0.3) is 22.4 Å². The Hall–Kier alpha value is -2.29. The number of hydrogen-bond acceptors (Lipinski definition) is 2. The summed E-state index contributed by atoms with van der Waals surface area (Å²) >= 11 is 0. The number of para-hydroxylation sites is 2. The molecular weight excluding hydrogens is 224 g/mol. The van der Waals surface area contributed by atoms with Crippen LogP contribution in [-0.4, -0.2) is 17.1 Å². The summed E-state index contributed by atoms with van der Waals surface area (Å²) in [6.07, 6.45) is 0. The van der Waals surface area contributed by atoms with Crippen LogP contribution in [-0.2, 0) is 0 Å². The summed E-state index contributed by atoms with van der Waals surface area (Å²) in [6.45, 7) is 2.06. The third-order valence-corrected chi connectivity index (χ3v) is 3.08. The number of hydrogen-bond donors (Lipinski definition) is 1. The van der Waals surface area contributed by atoms with Gasteiger partial charge in [0.15, 0.2) is 0 Å². The SMILES string of the molecule is COc1ccc(-c2nc3ccccc3[nH]2)c(C)c1. The van der Waals surface area contributed by atoms with Crippen molar-refractivity contribution >= 4 is 11.0 Å². The fraction of sp³-hybridized carbons (Fsp3) is 0.133. The van der Waals surface area contributed by atoms with Gasteiger partial charge in [-0.1, -0.05) is 12.1 Å². The van der Waals surface area contributed by atoms with Gasteiger partial charge in [0.1, 0.15) is 11.6 Å². The van der Waals surface area contributed by atoms with Crippen molar-refractivity contribution < 1.29 is 4.74 Å². The topological polar surface area (TPSA) is 37.9 Å². The van der Waals surface area contributed by atoms with Crippen molar-refractivity contribution in [1.29, 1.82) is 0 Å². The van der Waals surface area contributed by atoms with Gasteiger partial charge >= 0.3 is 0 Å². The molecule has 0 spiro atoms. The summed E-state index contributed by atoms with van der Waals surface area (Å²) in [5.41, 5.74) is 4.30. The van der Waals surface area contributed by atoms with E-state index < -0.39 is 0 Å². The number of ether oxygens (including phenoxy) is 1. The molecule has 0 aliphatic rings. The lowest BCUT2D eigenvalue weighted by Gasteiger charge is -2.05. The largest absolute Gasteiger partial charge is 0.497 e. The molecule has 0 radical (unpaired) electrons. The molecule has 0 amide bonds. The van der Waals surface area contributed by atoms with Gasteiger partial charge in [0.25, 0.3) is 0 Å². The summed E-state index contributed by atoms with van der Waals surface area (Å²) in [5, 5.41) is 0. The molecule has 1 heterocycles. The fourth-order valence-electron chi connectivity index (χ4n) is 2.11. The molecule has 0 saturated heterocycles. The normalized spacial score (nSPS) is 10.8. The van der Waals surface area contributed by atoms with Gasteiger partial charge in [0.05, 0.1) is 18.1 Å². The summed E-state index contributed by atoms with van der Waals surface area (Å²) in [6, 6.07) is 14.0. The zero-order valence-corrected chi connectivity index (χ0v) is 10.4. The maximum absolute atomic E-state index is 5.21. The van der Waals surface area contributed by atoms with Crippen LogP contribution in [0.2, 0.25) is 0 Å².